The first-order valence-electron chi connectivity index (χ1n) is 8.75. The average molecular weight is 386 g/mol. The summed E-state index contributed by atoms with van der Waals surface area (Å²) in [4.78, 5) is 14.4. The van der Waals surface area contributed by atoms with Gasteiger partial charge in [0.15, 0.2) is 0 Å². The van der Waals surface area contributed by atoms with Crippen LogP contribution < -0.4 is 0 Å². The van der Waals surface area contributed by atoms with Crippen LogP contribution in [0.4, 0.5) is 4.39 Å². The molecular formula is C20H17ClFN3O2. The number of halogens is 2. The van der Waals surface area contributed by atoms with Crippen molar-refractivity contribution in [3.05, 3.63) is 70.8 Å². The number of nitrogens with zero attached hydrogens (tertiary/aromatic N) is 3. The Morgan fingerprint density at radius 2 is 1.78 bits per heavy atom. The molecule has 1 saturated heterocycles. The molecule has 138 valence electrons. The molecule has 4 rings (SSSR count). The fourth-order valence-corrected chi connectivity index (χ4v) is 3.46. The Labute approximate surface area is 160 Å². The summed E-state index contributed by atoms with van der Waals surface area (Å²) in [5, 5.41) is 8.68. The van der Waals surface area contributed by atoms with Gasteiger partial charge in [0.25, 0.3) is 5.91 Å². The van der Waals surface area contributed by atoms with Gasteiger partial charge in [-0.1, -0.05) is 23.7 Å². The molecule has 0 saturated carbocycles. The van der Waals surface area contributed by atoms with E-state index in [0.717, 1.165) is 12.8 Å². The Balaban J connectivity index is 1.42. The molecule has 0 atom stereocenters. The standard InChI is InChI=1S/C20H17ClFN3O2/c21-17-4-2-1-3-16(17)20(26)25-11-9-14(10-12-25)19-24-23-18(27-19)13-5-7-15(22)8-6-13/h1-8,14H,9-12H2. The van der Waals surface area contributed by atoms with E-state index >= 15 is 0 Å². The summed E-state index contributed by atoms with van der Waals surface area (Å²) in [7, 11) is 0. The van der Waals surface area contributed by atoms with Gasteiger partial charge in [-0.2, -0.15) is 0 Å². The molecule has 27 heavy (non-hydrogen) atoms. The van der Waals surface area contributed by atoms with Crippen LogP contribution in [0.15, 0.2) is 52.9 Å². The second-order valence-electron chi connectivity index (χ2n) is 6.50. The van der Waals surface area contributed by atoms with Gasteiger partial charge < -0.3 is 9.32 Å². The highest BCUT2D eigenvalue weighted by molar-refractivity contribution is 6.33. The van der Waals surface area contributed by atoms with Crippen molar-refractivity contribution in [2.24, 2.45) is 0 Å². The lowest BCUT2D eigenvalue weighted by atomic mass is 9.96. The Morgan fingerprint density at radius 1 is 1.07 bits per heavy atom. The first-order chi connectivity index (χ1) is 13.1. The van der Waals surface area contributed by atoms with Crippen LogP contribution in [0.3, 0.4) is 0 Å². The fraction of sp³-hybridized carbons (Fsp3) is 0.250. The summed E-state index contributed by atoms with van der Waals surface area (Å²) in [5.41, 5.74) is 1.20. The van der Waals surface area contributed by atoms with Crippen molar-refractivity contribution in [1.29, 1.82) is 0 Å². The van der Waals surface area contributed by atoms with Crippen LogP contribution in [0, 0.1) is 5.82 Å². The summed E-state index contributed by atoms with van der Waals surface area (Å²) >= 11 is 6.13. The van der Waals surface area contributed by atoms with E-state index in [0.29, 0.717) is 41.0 Å². The minimum absolute atomic E-state index is 0.0587. The second-order valence-corrected chi connectivity index (χ2v) is 6.91. The molecule has 1 fully saturated rings. The Bertz CT molecular complexity index is 950. The summed E-state index contributed by atoms with van der Waals surface area (Å²) < 4.78 is 18.8. The molecule has 1 aliphatic heterocycles. The van der Waals surface area contributed by atoms with Crippen molar-refractivity contribution in [3.63, 3.8) is 0 Å². The van der Waals surface area contributed by atoms with Crippen molar-refractivity contribution in [2.75, 3.05) is 13.1 Å². The minimum Gasteiger partial charge on any atom is -0.420 e. The zero-order chi connectivity index (χ0) is 18.8. The topological polar surface area (TPSA) is 59.2 Å². The normalized spacial score (nSPS) is 15.1. The molecule has 0 bridgehead atoms. The van der Waals surface area contributed by atoms with Crippen LogP contribution >= 0.6 is 11.6 Å². The smallest absolute Gasteiger partial charge is 0.255 e. The van der Waals surface area contributed by atoms with Crippen molar-refractivity contribution >= 4 is 17.5 Å². The zero-order valence-corrected chi connectivity index (χ0v) is 15.2. The van der Waals surface area contributed by atoms with Gasteiger partial charge in [-0.05, 0) is 49.2 Å². The summed E-state index contributed by atoms with van der Waals surface area (Å²) in [6.45, 7) is 1.20. The van der Waals surface area contributed by atoms with E-state index in [1.807, 2.05) is 0 Å². The third-order valence-electron chi connectivity index (χ3n) is 4.77. The van der Waals surface area contributed by atoms with Gasteiger partial charge in [0.05, 0.1) is 10.6 Å². The summed E-state index contributed by atoms with van der Waals surface area (Å²) in [5.74, 6) is 0.659. The summed E-state index contributed by atoms with van der Waals surface area (Å²) in [6, 6.07) is 13.0. The van der Waals surface area contributed by atoms with Crippen LogP contribution in [0.2, 0.25) is 5.02 Å². The molecule has 1 aliphatic rings. The van der Waals surface area contributed by atoms with Gasteiger partial charge in [-0.3, -0.25) is 4.79 Å². The molecular weight excluding hydrogens is 369 g/mol. The van der Waals surface area contributed by atoms with E-state index in [2.05, 4.69) is 10.2 Å². The van der Waals surface area contributed by atoms with Crippen LogP contribution in [-0.2, 0) is 0 Å². The van der Waals surface area contributed by atoms with E-state index in [9.17, 15) is 9.18 Å². The number of rotatable bonds is 3. The molecule has 1 amide bonds. The predicted octanol–water partition coefficient (Wildman–Crippen LogP) is 4.55. The van der Waals surface area contributed by atoms with Gasteiger partial charge in [0, 0.05) is 24.6 Å². The first kappa shape index (κ1) is 17.7. The third-order valence-corrected chi connectivity index (χ3v) is 5.10. The molecule has 0 unspecified atom stereocenters. The van der Waals surface area contributed by atoms with E-state index in [1.54, 1.807) is 41.3 Å². The molecule has 5 nitrogen and oxygen atoms in total. The van der Waals surface area contributed by atoms with Crippen LogP contribution in [0.1, 0.15) is 35.0 Å². The molecule has 2 aromatic carbocycles. The van der Waals surface area contributed by atoms with Crippen LogP contribution in [-0.4, -0.2) is 34.1 Å². The highest BCUT2D eigenvalue weighted by atomic mass is 35.5. The Morgan fingerprint density at radius 3 is 2.48 bits per heavy atom. The third kappa shape index (κ3) is 3.71. The van der Waals surface area contributed by atoms with Crippen LogP contribution in [0.25, 0.3) is 11.5 Å². The van der Waals surface area contributed by atoms with Gasteiger partial charge in [-0.15, -0.1) is 10.2 Å². The lowest BCUT2D eigenvalue weighted by Gasteiger charge is -2.30. The maximum Gasteiger partial charge on any atom is 0.255 e. The quantitative estimate of drug-likeness (QED) is 0.663. The number of likely N-dealkylation sites (tertiary alicyclic amines) is 1. The number of amides is 1. The van der Waals surface area contributed by atoms with Crippen LogP contribution in [0.5, 0.6) is 0 Å². The van der Waals surface area contributed by atoms with Crippen molar-refractivity contribution in [3.8, 4) is 11.5 Å². The lowest BCUT2D eigenvalue weighted by Crippen LogP contribution is -2.38. The van der Waals surface area contributed by atoms with Gasteiger partial charge >= 0.3 is 0 Å². The Hall–Kier alpha value is -2.73. The van der Waals surface area contributed by atoms with Crippen molar-refractivity contribution in [2.45, 2.75) is 18.8 Å². The highest BCUT2D eigenvalue weighted by Gasteiger charge is 2.28. The molecule has 0 N–H and O–H groups in total. The molecule has 1 aromatic heterocycles. The molecule has 0 spiro atoms. The molecule has 2 heterocycles. The van der Waals surface area contributed by atoms with E-state index in [1.165, 1.54) is 12.1 Å². The predicted molar refractivity (Wildman–Crippen MR) is 99.0 cm³/mol. The van der Waals surface area contributed by atoms with Gasteiger partial charge in [0.2, 0.25) is 11.8 Å². The molecule has 0 radical (unpaired) electrons. The summed E-state index contributed by atoms with van der Waals surface area (Å²) in [6.07, 6.45) is 1.47. The fourth-order valence-electron chi connectivity index (χ4n) is 3.24. The number of carbonyl (C=O) groups is 1. The minimum atomic E-state index is -0.311. The van der Waals surface area contributed by atoms with E-state index in [-0.39, 0.29) is 17.6 Å². The highest BCUT2D eigenvalue weighted by Crippen LogP contribution is 2.30. The van der Waals surface area contributed by atoms with Crippen molar-refractivity contribution in [1.82, 2.24) is 15.1 Å². The maximum atomic E-state index is 13.0. The number of carbonyl (C=O) groups excluding carboxylic acids is 1. The van der Waals surface area contributed by atoms with Gasteiger partial charge in [-0.25, -0.2) is 4.39 Å². The van der Waals surface area contributed by atoms with Gasteiger partial charge in [0.1, 0.15) is 5.82 Å². The molecule has 7 heteroatoms. The monoisotopic (exact) mass is 385 g/mol. The average Bonchev–Trinajstić information content (AvgIpc) is 3.19. The zero-order valence-electron chi connectivity index (χ0n) is 14.4. The molecule has 0 aliphatic carbocycles. The lowest BCUT2D eigenvalue weighted by molar-refractivity contribution is 0.0706. The SMILES string of the molecule is O=C(c1ccccc1Cl)N1CCC(c2nnc(-c3ccc(F)cc3)o2)CC1. The number of hydrogen-bond acceptors (Lipinski definition) is 4. The molecule has 3 aromatic rings. The Kier molecular flexibility index (Phi) is 4.90. The largest absolute Gasteiger partial charge is 0.420 e. The maximum absolute atomic E-state index is 13.0. The van der Waals surface area contributed by atoms with E-state index in [4.69, 9.17) is 16.0 Å². The second kappa shape index (κ2) is 7.48. The first-order valence-corrected chi connectivity index (χ1v) is 9.13. The van der Waals surface area contributed by atoms with E-state index < -0.39 is 0 Å². The van der Waals surface area contributed by atoms with Crippen molar-refractivity contribution < 1.29 is 13.6 Å². The number of aromatic nitrogens is 2. The number of piperidine rings is 1. The number of benzene rings is 2. The number of hydrogen-bond donors (Lipinski definition) is 0.